The first-order valence-electron chi connectivity index (χ1n) is 5.08. The number of para-hydroxylation sites is 1. The van der Waals surface area contributed by atoms with Crippen LogP contribution in [0.1, 0.15) is 5.76 Å². The van der Waals surface area contributed by atoms with Crippen molar-refractivity contribution in [3.8, 4) is 0 Å². The quantitative estimate of drug-likeness (QED) is 0.710. The van der Waals surface area contributed by atoms with Crippen molar-refractivity contribution in [2.75, 3.05) is 5.73 Å². The first-order valence-corrected chi connectivity index (χ1v) is 5.08. The number of furan rings is 1. The highest BCUT2D eigenvalue weighted by molar-refractivity contribution is 5.77. The van der Waals surface area contributed by atoms with Crippen LogP contribution in [-0.4, -0.2) is 9.78 Å². The van der Waals surface area contributed by atoms with Gasteiger partial charge in [-0.1, -0.05) is 18.2 Å². The van der Waals surface area contributed by atoms with Gasteiger partial charge in [-0.2, -0.15) is 5.10 Å². The molecular formula is C12H11N3O. The average molecular weight is 213 g/mol. The molecule has 0 bridgehead atoms. The third-order valence-corrected chi connectivity index (χ3v) is 2.53. The lowest BCUT2D eigenvalue weighted by atomic mass is 10.2. The minimum Gasteiger partial charge on any atom is -0.459 e. The van der Waals surface area contributed by atoms with E-state index in [2.05, 4.69) is 5.10 Å². The van der Waals surface area contributed by atoms with E-state index in [1.807, 2.05) is 30.3 Å². The maximum absolute atomic E-state index is 5.74. The zero-order valence-electron chi connectivity index (χ0n) is 8.63. The highest BCUT2D eigenvalue weighted by Crippen LogP contribution is 2.19. The number of benzene rings is 1. The molecule has 0 saturated heterocycles. The van der Waals surface area contributed by atoms with Gasteiger partial charge in [0.25, 0.3) is 0 Å². The first kappa shape index (κ1) is 9.03. The Morgan fingerprint density at radius 2 is 2.12 bits per heavy atom. The third kappa shape index (κ3) is 1.44. The Morgan fingerprint density at radius 3 is 2.88 bits per heavy atom. The van der Waals surface area contributed by atoms with Gasteiger partial charge in [0.15, 0.2) is 0 Å². The number of nitrogens with zero attached hydrogens (tertiary/aromatic N) is 2. The summed E-state index contributed by atoms with van der Waals surface area (Å²) >= 11 is 0. The third-order valence-electron chi connectivity index (χ3n) is 2.53. The highest BCUT2D eigenvalue weighted by atomic mass is 16.3. The molecule has 80 valence electrons. The van der Waals surface area contributed by atoms with Gasteiger partial charge in [-0.15, -0.1) is 0 Å². The standard InChI is InChI=1S/C12H11N3O/c13-12-5-6-14-15(12)8-10-7-9-3-1-2-4-11(9)16-10/h1-7H,8,13H2. The summed E-state index contributed by atoms with van der Waals surface area (Å²) in [7, 11) is 0. The molecule has 4 nitrogen and oxygen atoms in total. The maximum Gasteiger partial charge on any atom is 0.134 e. The molecule has 0 atom stereocenters. The molecule has 2 aromatic heterocycles. The van der Waals surface area contributed by atoms with Gasteiger partial charge in [0.1, 0.15) is 23.7 Å². The molecule has 0 amide bonds. The van der Waals surface area contributed by atoms with Crippen LogP contribution >= 0.6 is 0 Å². The van der Waals surface area contributed by atoms with E-state index in [9.17, 15) is 0 Å². The fraction of sp³-hybridized carbons (Fsp3) is 0.0833. The summed E-state index contributed by atoms with van der Waals surface area (Å²) in [5.74, 6) is 1.50. The minimum absolute atomic E-state index is 0.563. The molecule has 3 rings (SSSR count). The Kier molecular flexibility index (Phi) is 1.93. The van der Waals surface area contributed by atoms with Gasteiger partial charge in [0.05, 0.1) is 6.20 Å². The molecule has 3 aromatic rings. The zero-order chi connectivity index (χ0) is 11.0. The minimum atomic E-state index is 0.563. The van der Waals surface area contributed by atoms with Crippen LogP contribution in [0.15, 0.2) is 47.0 Å². The summed E-state index contributed by atoms with van der Waals surface area (Å²) in [6.07, 6.45) is 1.68. The van der Waals surface area contributed by atoms with Crippen LogP contribution < -0.4 is 5.73 Å². The van der Waals surface area contributed by atoms with Gasteiger partial charge >= 0.3 is 0 Å². The molecule has 2 N–H and O–H groups in total. The lowest BCUT2D eigenvalue weighted by Crippen LogP contribution is -2.04. The maximum atomic E-state index is 5.74. The topological polar surface area (TPSA) is 57.0 Å². The van der Waals surface area contributed by atoms with Crippen molar-refractivity contribution in [3.63, 3.8) is 0 Å². The van der Waals surface area contributed by atoms with Gasteiger partial charge in [0, 0.05) is 5.39 Å². The van der Waals surface area contributed by atoms with E-state index in [-0.39, 0.29) is 0 Å². The van der Waals surface area contributed by atoms with Crippen molar-refractivity contribution in [1.29, 1.82) is 0 Å². The van der Waals surface area contributed by atoms with Crippen LogP contribution in [0.25, 0.3) is 11.0 Å². The number of aromatic nitrogens is 2. The lowest BCUT2D eigenvalue weighted by molar-refractivity contribution is 0.512. The van der Waals surface area contributed by atoms with Crippen LogP contribution in [0.2, 0.25) is 0 Å². The molecule has 0 aliphatic heterocycles. The molecule has 0 saturated carbocycles. The van der Waals surface area contributed by atoms with Crippen LogP contribution in [0.5, 0.6) is 0 Å². The number of anilines is 1. The van der Waals surface area contributed by atoms with Crippen molar-refractivity contribution < 1.29 is 4.42 Å². The number of fused-ring (bicyclic) bond motifs is 1. The van der Waals surface area contributed by atoms with E-state index in [0.29, 0.717) is 12.4 Å². The largest absolute Gasteiger partial charge is 0.459 e. The first-order chi connectivity index (χ1) is 7.83. The van der Waals surface area contributed by atoms with Gasteiger partial charge in [-0.05, 0) is 18.2 Å². The number of nitrogens with two attached hydrogens (primary N) is 1. The normalized spacial score (nSPS) is 11.0. The summed E-state index contributed by atoms with van der Waals surface area (Å²) < 4.78 is 7.39. The van der Waals surface area contributed by atoms with Crippen LogP contribution in [-0.2, 0) is 6.54 Å². The summed E-state index contributed by atoms with van der Waals surface area (Å²) in [6, 6.07) is 11.7. The molecule has 4 heteroatoms. The van der Waals surface area contributed by atoms with Crippen LogP contribution in [0.3, 0.4) is 0 Å². The molecule has 0 fully saturated rings. The molecule has 0 radical (unpaired) electrons. The van der Waals surface area contributed by atoms with Gasteiger partial charge in [-0.25, -0.2) is 4.68 Å². The van der Waals surface area contributed by atoms with E-state index >= 15 is 0 Å². The van der Waals surface area contributed by atoms with Crippen molar-refractivity contribution in [3.05, 3.63) is 48.4 Å². The van der Waals surface area contributed by atoms with Crippen molar-refractivity contribution in [2.24, 2.45) is 0 Å². The summed E-state index contributed by atoms with van der Waals surface area (Å²) in [5, 5.41) is 5.21. The monoisotopic (exact) mass is 213 g/mol. The summed E-state index contributed by atoms with van der Waals surface area (Å²) in [6.45, 7) is 0.563. The molecular weight excluding hydrogens is 202 g/mol. The molecule has 16 heavy (non-hydrogen) atoms. The number of hydrogen-bond donors (Lipinski definition) is 1. The van der Waals surface area contributed by atoms with Crippen LogP contribution in [0, 0.1) is 0 Å². The predicted molar refractivity (Wildman–Crippen MR) is 62.0 cm³/mol. The van der Waals surface area contributed by atoms with Crippen molar-refractivity contribution in [1.82, 2.24) is 9.78 Å². The number of hydrogen-bond acceptors (Lipinski definition) is 3. The van der Waals surface area contributed by atoms with Gasteiger partial charge in [0.2, 0.25) is 0 Å². The lowest BCUT2D eigenvalue weighted by Gasteiger charge is -1.99. The van der Waals surface area contributed by atoms with E-state index < -0.39 is 0 Å². The molecule has 0 aliphatic carbocycles. The Labute approximate surface area is 92.3 Å². The Bertz CT molecular complexity index is 591. The molecule has 0 aliphatic rings. The predicted octanol–water partition coefficient (Wildman–Crippen LogP) is 2.26. The van der Waals surface area contributed by atoms with E-state index in [0.717, 1.165) is 16.7 Å². The molecule has 0 spiro atoms. The highest BCUT2D eigenvalue weighted by Gasteiger charge is 2.05. The second-order valence-electron chi connectivity index (χ2n) is 3.66. The zero-order valence-corrected chi connectivity index (χ0v) is 8.63. The van der Waals surface area contributed by atoms with Crippen molar-refractivity contribution in [2.45, 2.75) is 6.54 Å². The smallest absolute Gasteiger partial charge is 0.134 e. The fourth-order valence-electron chi connectivity index (χ4n) is 1.74. The molecule has 2 heterocycles. The molecule has 1 aromatic carbocycles. The summed E-state index contributed by atoms with van der Waals surface area (Å²) in [4.78, 5) is 0. The van der Waals surface area contributed by atoms with Crippen LogP contribution in [0.4, 0.5) is 5.82 Å². The fourth-order valence-corrected chi connectivity index (χ4v) is 1.74. The second kappa shape index (κ2) is 3.41. The Balaban J connectivity index is 1.98. The average Bonchev–Trinajstić information content (AvgIpc) is 2.85. The van der Waals surface area contributed by atoms with Gasteiger partial charge < -0.3 is 10.2 Å². The Hall–Kier alpha value is -2.23. The van der Waals surface area contributed by atoms with Gasteiger partial charge in [-0.3, -0.25) is 0 Å². The van der Waals surface area contributed by atoms with Crippen molar-refractivity contribution >= 4 is 16.8 Å². The SMILES string of the molecule is Nc1ccnn1Cc1cc2ccccc2o1. The molecule has 0 unspecified atom stereocenters. The summed E-state index contributed by atoms with van der Waals surface area (Å²) in [5.41, 5.74) is 6.63. The van der Waals surface area contributed by atoms with E-state index in [1.165, 1.54) is 0 Å². The van der Waals surface area contributed by atoms with E-state index in [1.54, 1.807) is 16.9 Å². The Morgan fingerprint density at radius 1 is 1.25 bits per heavy atom. The number of nitrogen functional groups attached to an aromatic ring is 1. The van der Waals surface area contributed by atoms with E-state index in [4.69, 9.17) is 10.2 Å². The second-order valence-corrected chi connectivity index (χ2v) is 3.66. The number of rotatable bonds is 2.